The Morgan fingerprint density at radius 1 is 1.20 bits per heavy atom. The summed E-state index contributed by atoms with van der Waals surface area (Å²) in [4.78, 5) is 8.47. The molecule has 0 saturated carbocycles. The minimum absolute atomic E-state index is 0. The van der Waals surface area contributed by atoms with Crippen molar-refractivity contribution in [2.45, 2.75) is 19.4 Å². The van der Waals surface area contributed by atoms with E-state index in [1.54, 1.807) is 26.1 Å². The summed E-state index contributed by atoms with van der Waals surface area (Å²) in [5.41, 5.74) is 1.16. The summed E-state index contributed by atoms with van der Waals surface area (Å²) in [5, 5.41) is 10.8. The first kappa shape index (κ1) is 24.0. The topological polar surface area (TPSA) is 75.3 Å². The Kier molecular flexibility index (Phi) is 8.97. The third kappa shape index (κ3) is 6.36. The van der Waals surface area contributed by atoms with Gasteiger partial charge in [-0.05, 0) is 37.3 Å². The molecule has 2 aromatic carbocycles. The van der Waals surface area contributed by atoms with Gasteiger partial charge in [0.05, 0.1) is 6.04 Å². The van der Waals surface area contributed by atoms with Crippen LogP contribution in [0, 0.1) is 11.6 Å². The first-order valence-corrected chi connectivity index (χ1v) is 9.34. The Bertz CT molecular complexity index is 997. The molecular formula is C20H21ClF2IN5O. The smallest absolute Gasteiger partial charge is 0.228 e. The van der Waals surface area contributed by atoms with Crippen LogP contribution in [0.15, 0.2) is 52.0 Å². The van der Waals surface area contributed by atoms with Gasteiger partial charge in [-0.3, -0.25) is 4.99 Å². The minimum Gasteiger partial charge on any atom is -0.356 e. The Hall–Kier alpha value is -2.27. The van der Waals surface area contributed by atoms with E-state index in [2.05, 4.69) is 25.8 Å². The molecule has 1 unspecified atom stereocenters. The summed E-state index contributed by atoms with van der Waals surface area (Å²) < 4.78 is 32.3. The van der Waals surface area contributed by atoms with Crippen molar-refractivity contribution in [3.63, 3.8) is 0 Å². The number of nitrogens with zero attached hydrogens (tertiary/aromatic N) is 3. The number of rotatable bonds is 6. The first-order valence-electron chi connectivity index (χ1n) is 8.97. The summed E-state index contributed by atoms with van der Waals surface area (Å²) in [6, 6.07) is 10.2. The van der Waals surface area contributed by atoms with Crippen molar-refractivity contribution >= 4 is 41.5 Å². The Morgan fingerprint density at radius 3 is 2.60 bits per heavy atom. The van der Waals surface area contributed by atoms with Crippen LogP contribution in [0.2, 0.25) is 5.02 Å². The summed E-state index contributed by atoms with van der Waals surface area (Å²) in [6.45, 7) is 2.24. The van der Waals surface area contributed by atoms with Gasteiger partial charge in [0, 0.05) is 42.2 Å². The molecule has 3 aromatic rings. The zero-order valence-electron chi connectivity index (χ0n) is 16.3. The molecule has 0 aliphatic rings. The molecule has 0 saturated heterocycles. The van der Waals surface area contributed by atoms with Gasteiger partial charge in [-0.1, -0.05) is 22.8 Å². The zero-order chi connectivity index (χ0) is 20.8. The monoisotopic (exact) mass is 547 g/mol. The van der Waals surface area contributed by atoms with Crippen molar-refractivity contribution in [2.24, 2.45) is 4.99 Å². The van der Waals surface area contributed by atoms with E-state index in [0.717, 1.165) is 11.6 Å². The van der Waals surface area contributed by atoms with E-state index in [-0.39, 0.29) is 24.0 Å². The molecule has 0 aliphatic heterocycles. The normalized spacial score (nSPS) is 12.2. The van der Waals surface area contributed by atoms with Gasteiger partial charge in [-0.25, -0.2) is 8.78 Å². The number of nitrogens with one attached hydrogen (secondary N) is 2. The Morgan fingerprint density at radius 2 is 1.93 bits per heavy atom. The summed E-state index contributed by atoms with van der Waals surface area (Å²) >= 11 is 5.88. The molecule has 0 bridgehead atoms. The second kappa shape index (κ2) is 11.2. The summed E-state index contributed by atoms with van der Waals surface area (Å²) in [6.07, 6.45) is 0.473. The van der Waals surface area contributed by atoms with Gasteiger partial charge >= 0.3 is 0 Å². The summed E-state index contributed by atoms with van der Waals surface area (Å²) in [5.74, 6) is 0.202. The minimum atomic E-state index is -0.613. The zero-order valence-corrected chi connectivity index (χ0v) is 19.4. The molecule has 2 N–H and O–H groups in total. The molecular weight excluding hydrogens is 527 g/mol. The lowest BCUT2D eigenvalue weighted by molar-refractivity contribution is 0.378. The van der Waals surface area contributed by atoms with Crippen molar-refractivity contribution in [3.8, 4) is 11.4 Å². The SMILES string of the molecule is CN=C(NCCc1nc(-c2ccc(Cl)cc2)no1)NC(C)c1ccc(F)cc1F.I. The van der Waals surface area contributed by atoms with E-state index in [9.17, 15) is 8.78 Å². The van der Waals surface area contributed by atoms with E-state index in [1.807, 2.05) is 12.1 Å². The van der Waals surface area contributed by atoms with Crippen LogP contribution in [0.1, 0.15) is 24.4 Å². The molecule has 0 fully saturated rings. The molecule has 1 heterocycles. The van der Waals surface area contributed by atoms with E-state index >= 15 is 0 Å². The second-order valence-electron chi connectivity index (χ2n) is 6.30. The van der Waals surface area contributed by atoms with Crippen molar-refractivity contribution in [1.82, 2.24) is 20.8 Å². The van der Waals surface area contributed by atoms with Crippen LogP contribution < -0.4 is 10.6 Å². The molecule has 10 heteroatoms. The fraction of sp³-hybridized carbons (Fsp3) is 0.250. The maximum atomic E-state index is 13.9. The molecule has 30 heavy (non-hydrogen) atoms. The molecule has 160 valence electrons. The lowest BCUT2D eigenvalue weighted by Crippen LogP contribution is -2.39. The van der Waals surface area contributed by atoms with Gasteiger partial charge in [0.25, 0.3) is 0 Å². The van der Waals surface area contributed by atoms with Gasteiger partial charge in [0.1, 0.15) is 11.6 Å². The number of guanidine groups is 1. The molecule has 0 aliphatic carbocycles. The van der Waals surface area contributed by atoms with Gasteiger partial charge in [-0.15, -0.1) is 24.0 Å². The van der Waals surface area contributed by atoms with Crippen LogP contribution in [0.3, 0.4) is 0 Å². The van der Waals surface area contributed by atoms with Crippen LogP contribution >= 0.6 is 35.6 Å². The van der Waals surface area contributed by atoms with Crippen LogP contribution in [-0.2, 0) is 6.42 Å². The predicted molar refractivity (Wildman–Crippen MR) is 123 cm³/mol. The average molecular weight is 548 g/mol. The number of halogens is 4. The van der Waals surface area contributed by atoms with Crippen LogP contribution in [-0.4, -0.2) is 29.7 Å². The highest BCUT2D eigenvalue weighted by molar-refractivity contribution is 14.0. The predicted octanol–water partition coefficient (Wildman–Crippen LogP) is 4.75. The van der Waals surface area contributed by atoms with Crippen molar-refractivity contribution < 1.29 is 13.3 Å². The van der Waals surface area contributed by atoms with E-state index in [4.69, 9.17) is 16.1 Å². The maximum absolute atomic E-state index is 13.9. The molecule has 6 nitrogen and oxygen atoms in total. The molecule has 0 spiro atoms. The van der Waals surface area contributed by atoms with E-state index < -0.39 is 17.7 Å². The van der Waals surface area contributed by atoms with Gasteiger partial charge in [0.2, 0.25) is 11.7 Å². The number of benzene rings is 2. The Labute approximate surface area is 195 Å². The van der Waals surface area contributed by atoms with E-state index in [1.165, 1.54) is 12.1 Å². The number of aromatic nitrogens is 2. The van der Waals surface area contributed by atoms with Crippen molar-refractivity contribution in [1.29, 1.82) is 0 Å². The fourth-order valence-electron chi connectivity index (χ4n) is 2.69. The first-order chi connectivity index (χ1) is 14.0. The summed E-state index contributed by atoms with van der Waals surface area (Å²) in [7, 11) is 1.61. The van der Waals surface area contributed by atoms with Gasteiger partial charge < -0.3 is 15.2 Å². The average Bonchev–Trinajstić information content (AvgIpc) is 3.16. The molecule has 0 radical (unpaired) electrons. The lowest BCUT2D eigenvalue weighted by atomic mass is 10.1. The van der Waals surface area contributed by atoms with Gasteiger partial charge in [0.15, 0.2) is 5.96 Å². The van der Waals surface area contributed by atoms with E-state index in [0.29, 0.717) is 41.2 Å². The number of hydrogen-bond acceptors (Lipinski definition) is 4. The molecule has 0 amide bonds. The fourth-order valence-corrected chi connectivity index (χ4v) is 2.82. The quantitative estimate of drug-likeness (QED) is 0.265. The third-order valence-electron chi connectivity index (χ3n) is 4.21. The number of aliphatic imine (C=N–C) groups is 1. The van der Waals surface area contributed by atoms with Crippen molar-refractivity contribution in [3.05, 3.63) is 70.6 Å². The van der Waals surface area contributed by atoms with Crippen LogP contribution in [0.4, 0.5) is 8.78 Å². The highest BCUT2D eigenvalue weighted by atomic mass is 127. The molecule has 1 atom stereocenters. The molecule has 1 aromatic heterocycles. The third-order valence-corrected chi connectivity index (χ3v) is 4.46. The highest BCUT2D eigenvalue weighted by Crippen LogP contribution is 2.19. The largest absolute Gasteiger partial charge is 0.356 e. The van der Waals surface area contributed by atoms with Crippen molar-refractivity contribution in [2.75, 3.05) is 13.6 Å². The lowest BCUT2D eigenvalue weighted by Gasteiger charge is -2.18. The Balaban J connectivity index is 0.00000320. The molecule has 3 rings (SSSR count). The van der Waals surface area contributed by atoms with Gasteiger partial charge in [-0.2, -0.15) is 4.98 Å². The standard InChI is InChI=1S/C20H20ClF2N5O.HI/c1-12(16-8-7-15(22)11-17(16)23)26-20(24-2)25-10-9-18-27-19(28-29-18)13-3-5-14(21)6-4-13;/h3-8,11-12H,9-10H2,1-2H3,(H2,24,25,26);1H. The maximum Gasteiger partial charge on any atom is 0.228 e. The number of hydrogen-bond donors (Lipinski definition) is 2. The van der Waals surface area contributed by atoms with Crippen LogP contribution in [0.5, 0.6) is 0 Å². The highest BCUT2D eigenvalue weighted by Gasteiger charge is 2.14. The van der Waals surface area contributed by atoms with Crippen LogP contribution in [0.25, 0.3) is 11.4 Å². The second-order valence-corrected chi connectivity index (χ2v) is 6.74.